The smallest absolute Gasteiger partial charge is 0.327 e. The molecule has 1 aliphatic heterocycles. The van der Waals surface area contributed by atoms with Gasteiger partial charge in [0.05, 0.1) is 6.61 Å². The van der Waals surface area contributed by atoms with Crippen molar-refractivity contribution in [2.45, 2.75) is 83.5 Å². The summed E-state index contributed by atoms with van der Waals surface area (Å²) in [6, 6.07) is 1.60. The number of ether oxygens (including phenoxy) is 1. The van der Waals surface area contributed by atoms with E-state index in [2.05, 4.69) is 24.1 Å². The van der Waals surface area contributed by atoms with Gasteiger partial charge in [-0.25, -0.2) is 0 Å². The van der Waals surface area contributed by atoms with Crippen LogP contribution in [0.4, 0.5) is 0 Å². The fourth-order valence-electron chi connectivity index (χ4n) is 3.29. The first kappa shape index (κ1) is 15.8. The van der Waals surface area contributed by atoms with E-state index in [1.807, 2.05) is 13.8 Å². The molecule has 20 heavy (non-hydrogen) atoms. The topological polar surface area (TPSA) is 41.6 Å². The molecule has 0 spiro atoms. The van der Waals surface area contributed by atoms with Crippen molar-refractivity contribution in [1.82, 2.24) is 10.2 Å². The molecule has 116 valence electrons. The molecular formula is C16H30N2O2. The Kier molecular flexibility index (Phi) is 5.08. The Labute approximate surface area is 123 Å². The molecule has 0 radical (unpaired) electrons. The van der Waals surface area contributed by atoms with Crippen LogP contribution in [-0.2, 0) is 9.53 Å². The Bertz CT molecular complexity index is 333. The zero-order valence-corrected chi connectivity index (χ0v) is 13.4. The fourth-order valence-corrected chi connectivity index (χ4v) is 3.29. The van der Waals surface area contributed by atoms with E-state index in [9.17, 15) is 4.79 Å². The van der Waals surface area contributed by atoms with Crippen LogP contribution in [0.2, 0.25) is 0 Å². The molecule has 0 amide bonds. The Morgan fingerprint density at radius 1 is 1.25 bits per heavy atom. The standard InChI is InChI=1S/C16H30N2O2/c1-5-20-15(19)16(4,17-14-9-10-14)11-18-12(2)7-6-8-13(18)3/h12-14,17H,5-11H2,1-4H3. The van der Waals surface area contributed by atoms with Gasteiger partial charge in [-0.05, 0) is 53.4 Å². The van der Waals surface area contributed by atoms with E-state index in [0.29, 0.717) is 24.7 Å². The van der Waals surface area contributed by atoms with E-state index in [4.69, 9.17) is 4.74 Å². The minimum absolute atomic E-state index is 0.100. The lowest BCUT2D eigenvalue weighted by Crippen LogP contribution is -2.61. The molecule has 2 aliphatic rings. The monoisotopic (exact) mass is 282 g/mol. The van der Waals surface area contributed by atoms with E-state index < -0.39 is 5.54 Å². The van der Waals surface area contributed by atoms with E-state index in [1.165, 1.54) is 32.1 Å². The van der Waals surface area contributed by atoms with Crippen molar-refractivity contribution >= 4 is 5.97 Å². The van der Waals surface area contributed by atoms with Crippen LogP contribution >= 0.6 is 0 Å². The predicted octanol–water partition coefficient (Wildman–Crippen LogP) is 2.32. The number of carbonyl (C=O) groups is 1. The van der Waals surface area contributed by atoms with Crippen LogP contribution in [-0.4, -0.2) is 47.7 Å². The lowest BCUT2D eigenvalue weighted by atomic mass is 9.93. The summed E-state index contributed by atoms with van der Waals surface area (Å²) in [4.78, 5) is 14.9. The first-order valence-corrected chi connectivity index (χ1v) is 8.17. The normalized spacial score (nSPS) is 30.8. The van der Waals surface area contributed by atoms with Crippen LogP contribution in [0.15, 0.2) is 0 Å². The fraction of sp³-hybridized carbons (Fsp3) is 0.938. The molecule has 0 aromatic rings. The van der Waals surface area contributed by atoms with Crippen LogP contribution in [0.1, 0.15) is 59.8 Å². The zero-order valence-electron chi connectivity index (χ0n) is 13.4. The molecule has 1 saturated heterocycles. The van der Waals surface area contributed by atoms with Gasteiger partial charge in [-0.1, -0.05) is 6.42 Å². The number of esters is 1. The maximum atomic E-state index is 12.4. The third-order valence-electron chi connectivity index (χ3n) is 4.70. The van der Waals surface area contributed by atoms with Gasteiger partial charge in [0, 0.05) is 24.7 Å². The SMILES string of the molecule is CCOC(=O)C(C)(CN1C(C)CCCC1C)NC1CC1. The summed E-state index contributed by atoms with van der Waals surface area (Å²) in [5.41, 5.74) is -0.572. The molecule has 1 aliphatic carbocycles. The third kappa shape index (κ3) is 3.73. The highest BCUT2D eigenvalue weighted by molar-refractivity contribution is 5.80. The lowest BCUT2D eigenvalue weighted by Gasteiger charge is -2.43. The summed E-state index contributed by atoms with van der Waals surface area (Å²) in [6.07, 6.45) is 6.12. The minimum Gasteiger partial charge on any atom is -0.465 e. The van der Waals surface area contributed by atoms with Crippen molar-refractivity contribution in [1.29, 1.82) is 0 Å². The predicted molar refractivity (Wildman–Crippen MR) is 80.7 cm³/mol. The van der Waals surface area contributed by atoms with Crippen LogP contribution in [0.25, 0.3) is 0 Å². The molecular weight excluding hydrogens is 252 g/mol. The lowest BCUT2D eigenvalue weighted by molar-refractivity contribution is -0.152. The summed E-state index contributed by atoms with van der Waals surface area (Å²) in [5.74, 6) is -0.100. The Morgan fingerprint density at radius 2 is 1.85 bits per heavy atom. The zero-order chi connectivity index (χ0) is 14.8. The number of nitrogens with zero attached hydrogens (tertiary/aromatic N) is 1. The summed E-state index contributed by atoms with van der Waals surface area (Å²) >= 11 is 0. The van der Waals surface area contributed by atoms with Gasteiger partial charge < -0.3 is 4.74 Å². The molecule has 0 aromatic carbocycles. The molecule has 3 unspecified atom stereocenters. The van der Waals surface area contributed by atoms with Gasteiger partial charge in [0.25, 0.3) is 0 Å². The molecule has 4 nitrogen and oxygen atoms in total. The molecule has 0 bridgehead atoms. The van der Waals surface area contributed by atoms with Crippen LogP contribution in [0.3, 0.4) is 0 Å². The summed E-state index contributed by atoms with van der Waals surface area (Å²) in [6.45, 7) is 9.65. The van der Waals surface area contributed by atoms with Crippen molar-refractivity contribution in [3.05, 3.63) is 0 Å². The molecule has 1 saturated carbocycles. The van der Waals surface area contributed by atoms with Crippen molar-refractivity contribution in [3.63, 3.8) is 0 Å². The molecule has 1 N–H and O–H groups in total. The number of likely N-dealkylation sites (tertiary alicyclic amines) is 1. The number of carbonyl (C=O) groups excluding carboxylic acids is 1. The van der Waals surface area contributed by atoms with Crippen LogP contribution in [0, 0.1) is 0 Å². The van der Waals surface area contributed by atoms with Crippen molar-refractivity contribution in [3.8, 4) is 0 Å². The van der Waals surface area contributed by atoms with Gasteiger partial charge in [0.2, 0.25) is 0 Å². The van der Waals surface area contributed by atoms with E-state index in [1.54, 1.807) is 0 Å². The summed E-state index contributed by atoms with van der Waals surface area (Å²) in [7, 11) is 0. The Balaban J connectivity index is 2.07. The Hall–Kier alpha value is -0.610. The minimum atomic E-state index is -0.572. The summed E-state index contributed by atoms with van der Waals surface area (Å²) < 4.78 is 5.32. The maximum Gasteiger partial charge on any atom is 0.327 e. The molecule has 3 atom stereocenters. The van der Waals surface area contributed by atoms with Gasteiger partial charge >= 0.3 is 5.97 Å². The number of nitrogens with one attached hydrogen (secondary N) is 1. The molecule has 2 rings (SSSR count). The van der Waals surface area contributed by atoms with E-state index in [0.717, 1.165) is 6.54 Å². The first-order chi connectivity index (χ1) is 9.46. The number of hydrogen-bond acceptors (Lipinski definition) is 4. The van der Waals surface area contributed by atoms with Gasteiger partial charge in [0.1, 0.15) is 5.54 Å². The van der Waals surface area contributed by atoms with Crippen molar-refractivity contribution in [2.75, 3.05) is 13.2 Å². The highest BCUT2D eigenvalue weighted by atomic mass is 16.5. The first-order valence-electron chi connectivity index (χ1n) is 8.17. The van der Waals surface area contributed by atoms with Crippen molar-refractivity contribution in [2.24, 2.45) is 0 Å². The van der Waals surface area contributed by atoms with Crippen molar-refractivity contribution < 1.29 is 9.53 Å². The summed E-state index contributed by atoms with van der Waals surface area (Å²) in [5, 5.41) is 3.52. The van der Waals surface area contributed by atoms with Gasteiger partial charge in [-0.3, -0.25) is 15.0 Å². The van der Waals surface area contributed by atoms with E-state index in [-0.39, 0.29) is 5.97 Å². The molecule has 0 aromatic heterocycles. The van der Waals surface area contributed by atoms with Gasteiger partial charge in [0.15, 0.2) is 0 Å². The Morgan fingerprint density at radius 3 is 2.35 bits per heavy atom. The molecule has 1 heterocycles. The highest BCUT2D eigenvalue weighted by Crippen LogP contribution is 2.28. The number of rotatable bonds is 6. The quantitative estimate of drug-likeness (QED) is 0.759. The van der Waals surface area contributed by atoms with Gasteiger partial charge in [-0.2, -0.15) is 0 Å². The molecule has 4 heteroatoms. The average molecular weight is 282 g/mol. The number of piperidine rings is 1. The average Bonchev–Trinajstić information content (AvgIpc) is 3.18. The number of hydrogen-bond donors (Lipinski definition) is 1. The molecule has 2 fully saturated rings. The van der Waals surface area contributed by atoms with Gasteiger partial charge in [-0.15, -0.1) is 0 Å². The second kappa shape index (κ2) is 6.44. The second-order valence-electron chi connectivity index (χ2n) is 6.77. The van der Waals surface area contributed by atoms with E-state index >= 15 is 0 Å². The third-order valence-corrected chi connectivity index (χ3v) is 4.70. The van der Waals surface area contributed by atoms with Crippen LogP contribution in [0.5, 0.6) is 0 Å². The van der Waals surface area contributed by atoms with Crippen LogP contribution < -0.4 is 5.32 Å². The largest absolute Gasteiger partial charge is 0.465 e. The second-order valence-corrected chi connectivity index (χ2v) is 6.77. The highest BCUT2D eigenvalue weighted by Gasteiger charge is 2.43. The maximum absolute atomic E-state index is 12.4.